The quantitative estimate of drug-likeness (QED) is 0.577. The van der Waals surface area contributed by atoms with E-state index in [0.717, 1.165) is 12.8 Å². The second kappa shape index (κ2) is 3.52. The first-order valence-corrected chi connectivity index (χ1v) is 5.33. The molecule has 2 heterocycles. The van der Waals surface area contributed by atoms with Gasteiger partial charge in [0, 0.05) is 0 Å². The maximum Gasteiger partial charge on any atom is 0.435 e. The molecule has 0 unspecified atom stereocenters. The molecule has 3 rings (SSSR count). The van der Waals surface area contributed by atoms with Crippen molar-refractivity contribution < 1.29 is 14.4 Å². The Kier molecular flexibility index (Phi) is 2.46. The van der Waals surface area contributed by atoms with Crippen molar-refractivity contribution in [2.45, 2.75) is 51.4 Å². The highest BCUT2D eigenvalue weighted by Crippen LogP contribution is 2.28. The van der Waals surface area contributed by atoms with Gasteiger partial charge in [0.15, 0.2) is 0 Å². The number of hydrogen-bond acceptors (Lipinski definition) is 3. The van der Waals surface area contributed by atoms with E-state index in [1.807, 2.05) is 32.9 Å². The summed E-state index contributed by atoms with van der Waals surface area (Å²) in [7, 11) is 0. The van der Waals surface area contributed by atoms with Gasteiger partial charge in [-0.15, -0.1) is 0 Å². The van der Waals surface area contributed by atoms with E-state index in [-0.39, 0.29) is 18.2 Å². The minimum absolute atomic E-state index is 0.0440. The van der Waals surface area contributed by atoms with Gasteiger partial charge < -0.3 is 4.74 Å². The predicted molar refractivity (Wildman–Crippen MR) is 55.1 cm³/mol. The summed E-state index contributed by atoms with van der Waals surface area (Å²) in [5, 5.41) is 1.36. The molecule has 15 heavy (non-hydrogen) atoms. The Labute approximate surface area is 89.8 Å². The molecule has 0 aromatic carbocycles. The molecule has 2 atom stereocenters. The lowest BCUT2D eigenvalue weighted by atomic mass is 9.99. The van der Waals surface area contributed by atoms with E-state index in [1.165, 1.54) is 5.06 Å². The maximum atomic E-state index is 11.7. The van der Waals surface area contributed by atoms with Gasteiger partial charge in [-0.3, -0.25) is 4.84 Å². The Hall–Kier alpha value is -1.03. The van der Waals surface area contributed by atoms with Crippen LogP contribution in [0.5, 0.6) is 0 Å². The van der Waals surface area contributed by atoms with Crippen molar-refractivity contribution in [1.29, 1.82) is 0 Å². The fourth-order valence-corrected chi connectivity index (χ4v) is 1.77. The van der Waals surface area contributed by atoms with E-state index < -0.39 is 5.60 Å². The standard InChI is InChI=1S/C11H17NO3/c1-11(2,3)14-10(13)12-8-4-6-9(15-12)7-5-8/h4,6,8-9H,5,7H2,1-3H3/t8-,9+/m1/s1. The molecular formula is C11H17NO3. The highest BCUT2D eigenvalue weighted by molar-refractivity contribution is 5.68. The number of hydroxylamine groups is 2. The smallest absolute Gasteiger partial charge is 0.435 e. The van der Waals surface area contributed by atoms with Gasteiger partial charge in [-0.25, -0.2) is 4.79 Å². The van der Waals surface area contributed by atoms with Crippen molar-refractivity contribution in [3.05, 3.63) is 12.2 Å². The summed E-state index contributed by atoms with van der Waals surface area (Å²) in [6.07, 6.45) is 5.63. The van der Waals surface area contributed by atoms with Crippen LogP contribution in [0.2, 0.25) is 0 Å². The topological polar surface area (TPSA) is 38.8 Å². The molecule has 0 aromatic heterocycles. The largest absolute Gasteiger partial charge is 0.442 e. The second-order valence-corrected chi connectivity index (χ2v) is 4.98. The maximum absolute atomic E-state index is 11.7. The number of carbonyl (C=O) groups is 1. The van der Waals surface area contributed by atoms with E-state index in [9.17, 15) is 4.79 Å². The molecule has 0 radical (unpaired) electrons. The van der Waals surface area contributed by atoms with Gasteiger partial charge >= 0.3 is 6.09 Å². The summed E-state index contributed by atoms with van der Waals surface area (Å²) in [6.45, 7) is 5.55. The third-order valence-corrected chi connectivity index (χ3v) is 2.42. The number of fused-ring (bicyclic) bond motifs is 2. The molecule has 1 aliphatic carbocycles. The Balaban J connectivity index is 2.01. The van der Waals surface area contributed by atoms with Crippen LogP contribution in [-0.2, 0) is 9.57 Å². The molecule has 0 N–H and O–H groups in total. The van der Waals surface area contributed by atoms with Crippen LogP contribution < -0.4 is 0 Å². The van der Waals surface area contributed by atoms with Gasteiger partial charge in [-0.05, 0) is 33.6 Å². The first-order valence-electron chi connectivity index (χ1n) is 5.33. The zero-order valence-electron chi connectivity index (χ0n) is 9.40. The summed E-state index contributed by atoms with van der Waals surface area (Å²) in [5.41, 5.74) is -0.471. The minimum Gasteiger partial charge on any atom is -0.442 e. The molecule has 3 aliphatic rings. The van der Waals surface area contributed by atoms with Crippen molar-refractivity contribution in [3.8, 4) is 0 Å². The highest BCUT2D eigenvalue weighted by Gasteiger charge is 2.36. The van der Waals surface area contributed by atoms with Gasteiger partial charge in [0.05, 0.1) is 6.04 Å². The fraction of sp³-hybridized carbons (Fsp3) is 0.727. The van der Waals surface area contributed by atoms with Crippen LogP contribution >= 0.6 is 0 Å². The number of rotatable bonds is 0. The summed E-state index contributed by atoms with van der Waals surface area (Å²) < 4.78 is 5.26. The Morgan fingerprint density at radius 3 is 2.53 bits per heavy atom. The van der Waals surface area contributed by atoms with Crippen LogP contribution in [0.3, 0.4) is 0 Å². The number of hydrogen-bond donors (Lipinski definition) is 0. The van der Waals surface area contributed by atoms with Crippen molar-refractivity contribution in [1.82, 2.24) is 5.06 Å². The monoisotopic (exact) mass is 211 g/mol. The van der Waals surface area contributed by atoms with E-state index >= 15 is 0 Å². The SMILES string of the molecule is CC(C)(C)OC(=O)N1O[C@H]2C=C[C@@H]1CC2. The lowest BCUT2D eigenvalue weighted by molar-refractivity contribution is -0.214. The normalized spacial score (nSPS) is 29.4. The number of nitrogens with zero attached hydrogens (tertiary/aromatic N) is 1. The molecule has 84 valence electrons. The third-order valence-electron chi connectivity index (χ3n) is 2.42. The van der Waals surface area contributed by atoms with Crippen molar-refractivity contribution in [2.24, 2.45) is 0 Å². The van der Waals surface area contributed by atoms with E-state index in [1.54, 1.807) is 0 Å². The van der Waals surface area contributed by atoms with Crippen molar-refractivity contribution >= 4 is 6.09 Å². The minimum atomic E-state index is -0.471. The van der Waals surface area contributed by atoms with Crippen LogP contribution in [0.1, 0.15) is 33.6 Å². The van der Waals surface area contributed by atoms with Crippen LogP contribution in [-0.4, -0.2) is 28.9 Å². The van der Waals surface area contributed by atoms with Gasteiger partial charge in [-0.2, -0.15) is 5.06 Å². The van der Waals surface area contributed by atoms with Gasteiger partial charge in [-0.1, -0.05) is 12.2 Å². The molecule has 4 nitrogen and oxygen atoms in total. The zero-order valence-corrected chi connectivity index (χ0v) is 9.40. The number of carbonyl (C=O) groups excluding carboxylic acids is 1. The first kappa shape index (κ1) is 10.5. The molecule has 4 heteroatoms. The van der Waals surface area contributed by atoms with Crippen molar-refractivity contribution in [2.75, 3.05) is 0 Å². The lowest BCUT2D eigenvalue weighted by Crippen LogP contribution is -2.50. The average molecular weight is 211 g/mol. The van der Waals surface area contributed by atoms with Gasteiger partial charge in [0.1, 0.15) is 11.7 Å². The molecular weight excluding hydrogens is 194 g/mol. The number of ether oxygens (including phenoxy) is 1. The third kappa shape index (κ3) is 2.31. The van der Waals surface area contributed by atoms with Crippen LogP contribution in [0.25, 0.3) is 0 Å². The lowest BCUT2D eigenvalue weighted by Gasteiger charge is -2.40. The summed E-state index contributed by atoms with van der Waals surface area (Å²) in [5.74, 6) is 0. The van der Waals surface area contributed by atoms with E-state index in [2.05, 4.69) is 0 Å². The molecule has 1 fully saturated rings. The van der Waals surface area contributed by atoms with Crippen LogP contribution in [0.4, 0.5) is 4.79 Å². The van der Waals surface area contributed by atoms with Gasteiger partial charge in [0.2, 0.25) is 0 Å². The molecule has 2 bridgehead atoms. The zero-order chi connectivity index (χ0) is 11.1. The average Bonchev–Trinajstić information content (AvgIpc) is 2.17. The van der Waals surface area contributed by atoms with E-state index in [4.69, 9.17) is 9.57 Å². The summed E-state index contributed by atoms with van der Waals surface area (Å²) in [6, 6.07) is 0.0462. The summed E-state index contributed by atoms with van der Waals surface area (Å²) >= 11 is 0. The molecule has 1 amide bonds. The first-order chi connectivity index (χ1) is 6.96. The summed E-state index contributed by atoms with van der Waals surface area (Å²) in [4.78, 5) is 17.2. The highest BCUT2D eigenvalue weighted by atomic mass is 16.7. The molecule has 0 saturated carbocycles. The molecule has 2 aliphatic heterocycles. The van der Waals surface area contributed by atoms with Crippen LogP contribution in [0, 0.1) is 0 Å². The van der Waals surface area contributed by atoms with Gasteiger partial charge in [0.25, 0.3) is 0 Å². The van der Waals surface area contributed by atoms with Crippen LogP contribution in [0.15, 0.2) is 12.2 Å². The molecule has 0 aromatic rings. The molecule has 0 spiro atoms. The van der Waals surface area contributed by atoms with Crippen molar-refractivity contribution in [3.63, 3.8) is 0 Å². The Bertz CT molecular complexity index is 293. The predicted octanol–water partition coefficient (Wildman–Crippen LogP) is 2.26. The Morgan fingerprint density at radius 1 is 1.40 bits per heavy atom. The Morgan fingerprint density at radius 2 is 2.13 bits per heavy atom. The number of amides is 1. The van der Waals surface area contributed by atoms with E-state index in [0.29, 0.717) is 0 Å². The second-order valence-electron chi connectivity index (χ2n) is 4.98. The molecule has 1 saturated heterocycles. The fourth-order valence-electron chi connectivity index (χ4n) is 1.77.